The summed E-state index contributed by atoms with van der Waals surface area (Å²) < 4.78 is 6.56. The fourth-order valence-corrected chi connectivity index (χ4v) is 1.27. The maximum Gasteiger partial charge on any atom is 0.242 e. The Morgan fingerprint density at radius 3 is 3.12 bits per heavy atom. The second-order valence-electron chi connectivity index (χ2n) is 3.33. The maximum absolute atomic E-state index is 11.5. The van der Waals surface area contributed by atoms with Crippen molar-refractivity contribution in [3.8, 4) is 0 Å². The van der Waals surface area contributed by atoms with Crippen molar-refractivity contribution >= 4 is 11.6 Å². The first-order chi connectivity index (χ1) is 7.74. The molecule has 0 aliphatic carbocycles. The van der Waals surface area contributed by atoms with Gasteiger partial charge in [0.05, 0.1) is 24.7 Å². The van der Waals surface area contributed by atoms with Crippen LogP contribution in [0.15, 0.2) is 35.2 Å². The van der Waals surface area contributed by atoms with Crippen molar-refractivity contribution in [3.05, 3.63) is 36.5 Å². The van der Waals surface area contributed by atoms with Gasteiger partial charge in [0.1, 0.15) is 12.3 Å². The summed E-state index contributed by atoms with van der Waals surface area (Å²) in [6.07, 6.45) is 4.67. The zero-order valence-electron chi connectivity index (χ0n) is 8.59. The number of anilines is 1. The molecule has 0 spiro atoms. The Morgan fingerprint density at radius 2 is 2.50 bits per heavy atom. The molecule has 6 nitrogen and oxygen atoms in total. The number of carbonyl (C=O) groups excluding carboxylic acids is 1. The number of furan rings is 1. The number of amides is 1. The Labute approximate surface area is 92.0 Å². The van der Waals surface area contributed by atoms with Gasteiger partial charge in [-0.05, 0) is 12.1 Å². The van der Waals surface area contributed by atoms with E-state index in [1.54, 1.807) is 24.6 Å². The van der Waals surface area contributed by atoms with Crippen LogP contribution in [0, 0.1) is 0 Å². The number of rotatable bonds is 4. The first kappa shape index (κ1) is 10.3. The molecule has 3 N–H and O–H groups in total. The Hall–Kier alpha value is -2.24. The van der Waals surface area contributed by atoms with Crippen molar-refractivity contribution in [2.75, 3.05) is 5.73 Å². The lowest BCUT2D eigenvalue weighted by Gasteiger charge is -2.02. The molecule has 2 aromatic rings. The number of nitrogens with zero attached hydrogens (tertiary/aromatic N) is 2. The number of carbonyl (C=O) groups is 1. The molecule has 0 atom stereocenters. The van der Waals surface area contributed by atoms with Crippen LogP contribution in [0.3, 0.4) is 0 Å². The molecular formula is C10H12N4O2. The van der Waals surface area contributed by atoms with Gasteiger partial charge in [0.25, 0.3) is 0 Å². The van der Waals surface area contributed by atoms with Crippen LogP contribution in [-0.4, -0.2) is 15.7 Å². The molecule has 2 heterocycles. The number of hydrogen-bond donors (Lipinski definition) is 2. The van der Waals surface area contributed by atoms with Gasteiger partial charge in [-0.2, -0.15) is 5.10 Å². The number of nitrogens with two attached hydrogens (primary N) is 1. The smallest absolute Gasteiger partial charge is 0.242 e. The minimum absolute atomic E-state index is 0.139. The first-order valence-corrected chi connectivity index (χ1v) is 4.81. The zero-order chi connectivity index (χ0) is 11.4. The molecular weight excluding hydrogens is 208 g/mol. The summed E-state index contributed by atoms with van der Waals surface area (Å²) in [4.78, 5) is 11.5. The Bertz CT molecular complexity index is 461. The fourth-order valence-electron chi connectivity index (χ4n) is 1.27. The van der Waals surface area contributed by atoms with Crippen LogP contribution in [0.25, 0.3) is 0 Å². The monoisotopic (exact) mass is 220 g/mol. The maximum atomic E-state index is 11.5. The highest BCUT2D eigenvalue weighted by molar-refractivity contribution is 5.75. The summed E-state index contributed by atoms with van der Waals surface area (Å²) in [5, 5.41) is 6.62. The molecule has 0 fully saturated rings. The lowest BCUT2D eigenvalue weighted by molar-refractivity contribution is -0.122. The molecule has 0 saturated heterocycles. The number of nitrogens with one attached hydrogen (secondary N) is 1. The Morgan fingerprint density at radius 1 is 1.62 bits per heavy atom. The van der Waals surface area contributed by atoms with Crippen molar-refractivity contribution in [3.63, 3.8) is 0 Å². The summed E-state index contributed by atoms with van der Waals surface area (Å²) in [6, 6.07) is 3.57. The van der Waals surface area contributed by atoms with Crippen molar-refractivity contribution in [1.82, 2.24) is 15.1 Å². The van der Waals surface area contributed by atoms with E-state index in [0.29, 0.717) is 18.0 Å². The third-order valence-electron chi connectivity index (χ3n) is 2.00. The molecule has 2 rings (SSSR count). The summed E-state index contributed by atoms with van der Waals surface area (Å²) in [6.45, 7) is 0.528. The van der Waals surface area contributed by atoms with Crippen molar-refractivity contribution < 1.29 is 9.21 Å². The Kier molecular flexibility index (Phi) is 2.90. The number of nitrogen functional groups attached to an aromatic ring is 1. The molecule has 1 amide bonds. The second kappa shape index (κ2) is 4.52. The van der Waals surface area contributed by atoms with Gasteiger partial charge in [-0.15, -0.1) is 0 Å². The van der Waals surface area contributed by atoms with E-state index >= 15 is 0 Å². The molecule has 16 heavy (non-hydrogen) atoms. The van der Waals surface area contributed by atoms with Gasteiger partial charge in [0, 0.05) is 6.20 Å². The second-order valence-corrected chi connectivity index (χ2v) is 3.33. The Balaban J connectivity index is 1.81. The third kappa shape index (κ3) is 2.63. The van der Waals surface area contributed by atoms with E-state index in [-0.39, 0.29) is 12.5 Å². The van der Waals surface area contributed by atoms with E-state index in [9.17, 15) is 4.79 Å². The van der Waals surface area contributed by atoms with Gasteiger partial charge >= 0.3 is 0 Å². The lowest BCUT2D eigenvalue weighted by atomic mass is 10.4. The molecule has 0 radical (unpaired) electrons. The lowest BCUT2D eigenvalue weighted by Crippen LogP contribution is -2.27. The summed E-state index contributed by atoms with van der Waals surface area (Å²) in [5.41, 5.74) is 6.02. The van der Waals surface area contributed by atoms with Crippen LogP contribution in [0.4, 0.5) is 5.69 Å². The SMILES string of the molecule is Nc1cnn(CC(=O)NCc2ccco2)c1. The average Bonchev–Trinajstić information content (AvgIpc) is 2.87. The highest BCUT2D eigenvalue weighted by Gasteiger charge is 2.04. The molecule has 0 saturated carbocycles. The van der Waals surface area contributed by atoms with E-state index in [1.807, 2.05) is 0 Å². The van der Waals surface area contributed by atoms with Gasteiger partial charge in [-0.25, -0.2) is 0 Å². The first-order valence-electron chi connectivity index (χ1n) is 4.81. The highest BCUT2D eigenvalue weighted by Crippen LogP contribution is 1.99. The van der Waals surface area contributed by atoms with E-state index < -0.39 is 0 Å². The van der Waals surface area contributed by atoms with Crippen LogP contribution in [0.1, 0.15) is 5.76 Å². The van der Waals surface area contributed by atoms with Crippen molar-refractivity contribution in [2.24, 2.45) is 0 Å². The fraction of sp³-hybridized carbons (Fsp3) is 0.200. The third-order valence-corrected chi connectivity index (χ3v) is 2.00. The highest BCUT2D eigenvalue weighted by atomic mass is 16.3. The van der Waals surface area contributed by atoms with Crippen LogP contribution in [0.5, 0.6) is 0 Å². The molecule has 0 aliphatic rings. The molecule has 0 bridgehead atoms. The standard InChI is InChI=1S/C10H12N4O2/c11-8-4-13-14(6-8)7-10(15)12-5-9-2-1-3-16-9/h1-4,6H,5,7,11H2,(H,12,15). The number of hydrogen-bond acceptors (Lipinski definition) is 4. The summed E-state index contributed by atoms with van der Waals surface area (Å²) >= 11 is 0. The van der Waals surface area contributed by atoms with E-state index in [2.05, 4.69) is 10.4 Å². The van der Waals surface area contributed by atoms with Gasteiger partial charge in [0.15, 0.2) is 0 Å². The van der Waals surface area contributed by atoms with Crippen molar-refractivity contribution in [1.29, 1.82) is 0 Å². The summed E-state index contributed by atoms with van der Waals surface area (Å²) in [7, 11) is 0. The predicted octanol–water partition coefficient (Wildman–Crippen LogP) is 0.375. The molecule has 0 aromatic carbocycles. The molecule has 0 unspecified atom stereocenters. The van der Waals surface area contributed by atoms with E-state index in [1.165, 1.54) is 10.9 Å². The average molecular weight is 220 g/mol. The van der Waals surface area contributed by atoms with Crippen LogP contribution in [-0.2, 0) is 17.9 Å². The molecule has 2 aromatic heterocycles. The largest absolute Gasteiger partial charge is 0.467 e. The van der Waals surface area contributed by atoms with Crippen LogP contribution >= 0.6 is 0 Å². The quantitative estimate of drug-likeness (QED) is 0.779. The minimum Gasteiger partial charge on any atom is -0.467 e. The minimum atomic E-state index is -0.139. The number of aromatic nitrogens is 2. The van der Waals surface area contributed by atoms with Gasteiger partial charge in [0.2, 0.25) is 5.91 Å². The molecule has 0 aliphatic heterocycles. The topological polar surface area (TPSA) is 86.1 Å². The van der Waals surface area contributed by atoms with Gasteiger partial charge in [-0.1, -0.05) is 0 Å². The van der Waals surface area contributed by atoms with Gasteiger partial charge < -0.3 is 15.5 Å². The normalized spacial score (nSPS) is 10.2. The van der Waals surface area contributed by atoms with E-state index in [4.69, 9.17) is 10.2 Å². The summed E-state index contributed by atoms with van der Waals surface area (Å²) in [5.74, 6) is 0.577. The van der Waals surface area contributed by atoms with Crippen LogP contribution in [0.2, 0.25) is 0 Å². The molecule has 84 valence electrons. The predicted molar refractivity (Wildman–Crippen MR) is 57.2 cm³/mol. The van der Waals surface area contributed by atoms with E-state index in [0.717, 1.165) is 0 Å². The zero-order valence-corrected chi connectivity index (χ0v) is 8.59. The van der Waals surface area contributed by atoms with Gasteiger partial charge in [-0.3, -0.25) is 9.48 Å². The molecule has 6 heteroatoms. The van der Waals surface area contributed by atoms with Crippen molar-refractivity contribution in [2.45, 2.75) is 13.1 Å². The van der Waals surface area contributed by atoms with Crippen LogP contribution < -0.4 is 11.1 Å².